The number of pyridine rings is 1. The molecule has 0 radical (unpaired) electrons. The summed E-state index contributed by atoms with van der Waals surface area (Å²) >= 11 is 6.75. The molecule has 0 bridgehead atoms. The molecule has 0 amide bonds. The summed E-state index contributed by atoms with van der Waals surface area (Å²) in [5, 5.41) is 1.31. The molecular weight excluding hydrogens is 708 g/mol. The predicted molar refractivity (Wildman–Crippen MR) is 207 cm³/mol. The lowest BCUT2D eigenvalue weighted by atomic mass is 9.71. The molecule has 0 N–H and O–H groups in total. The third-order valence-electron chi connectivity index (χ3n) is 10.1. The Morgan fingerprint density at radius 2 is 1.58 bits per heavy atom. The minimum absolute atomic E-state index is 0.0575. The highest BCUT2D eigenvalue weighted by atomic mass is 35.5. The summed E-state index contributed by atoms with van der Waals surface area (Å²) in [7, 11) is -2.45. The van der Waals surface area contributed by atoms with E-state index in [9.17, 15) is 13.2 Å². The van der Waals surface area contributed by atoms with Gasteiger partial charge in [-0.25, -0.2) is 22.4 Å². The molecule has 11 heteroatoms. The van der Waals surface area contributed by atoms with Crippen LogP contribution in [-0.4, -0.2) is 46.4 Å². The van der Waals surface area contributed by atoms with E-state index in [1.165, 1.54) is 10.8 Å². The maximum atomic E-state index is 13.9. The van der Waals surface area contributed by atoms with E-state index in [0.29, 0.717) is 28.8 Å². The smallest absolute Gasteiger partial charge is 0.275 e. The van der Waals surface area contributed by atoms with E-state index in [4.69, 9.17) is 26.1 Å². The zero-order valence-electron chi connectivity index (χ0n) is 29.3. The molecule has 8 rings (SSSR count). The van der Waals surface area contributed by atoms with Crippen LogP contribution in [0.5, 0.6) is 0 Å². The van der Waals surface area contributed by atoms with Crippen LogP contribution in [0.1, 0.15) is 41.6 Å². The third kappa shape index (κ3) is 6.25. The van der Waals surface area contributed by atoms with Crippen molar-refractivity contribution in [2.45, 2.75) is 42.8 Å². The fraction of sp³-hybridized carbons (Fsp3) is 0.214. The van der Waals surface area contributed by atoms with Crippen LogP contribution < -0.4 is 5.56 Å². The van der Waals surface area contributed by atoms with Gasteiger partial charge in [-0.2, -0.15) is 0 Å². The highest BCUT2D eigenvalue weighted by molar-refractivity contribution is 7.90. The molecule has 1 atom stereocenters. The maximum Gasteiger partial charge on any atom is 0.275 e. The van der Waals surface area contributed by atoms with Crippen molar-refractivity contribution in [3.05, 3.63) is 160 Å². The fourth-order valence-corrected chi connectivity index (χ4v) is 8.88. The molecule has 1 saturated heterocycles. The molecule has 1 fully saturated rings. The summed E-state index contributed by atoms with van der Waals surface area (Å²) in [6, 6.07) is 34.2. The average Bonchev–Trinajstić information content (AvgIpc) is 3.65. The van der Waals surface area contributed by atoms with Gasteiger partial charge in [-0.05, 0) is 84.8 Å². The van der Waals surface area contributed by atoms with E-state index < -0.39 is 21.0 Å². The first-order valence-electron chi connectivity index (χ1n) is 17.5. The van der Waals surface area contributed by atoms with E-state index in [1.807, 2.05) is 61.5 Å². The van der Waals surface area contributed by atoms with Gasteiger partial charge in [0.05, 0.1) is 28.1 Å². The van der Waals surface area contributed by atoms with Gasteiger partial charge in [0.1, 0.15) is 5.52 Å². The van der Waals surface area contributed by atoms with Crippen LogP contribution in [-0.2, 0) is 32.0 Å². The number of fused-ring (bicyclic) bond motifs is 2. The van der Waals surface area contributed by atoms with Gasteiger partial charge in [-0.3, -0.25) is 4.79 Å². The molecule has 1 aliphatic heterocycles. The number of nitrogens with zero attached hydrogens (tertiary/aromatic N) is 4. The highest BCUT2D eigenvalue weighted by Crippen LogP contribution is 2.43. The van der Waals surface area contributed by atoms with Gasteiger partial charge in [0, 0.05) is 42.4 Å². The lowest BCUT2D eigenvalue weighted by molar-refractivity contribution is -0.167. The molecule has 0 saturated carbocycles. The van der Waals surface area contributed by atoms with Crippen LogP contribution in [0.4, 0.5) is 0 Å². The molecule has 0 aliphatic carbocycles. The number of benzene rings is 4. The number of aryl methyl sites for hydroxylation is 2. The molecule has 7 aromatic rings. The first-order valence-corrected chi connectivity index (χ1v) is 19.3. The standard InChI is InChI=1S/C42H37ClN4O5S/c1-28-16-19-32(20-17-28)53(49,50)47-23-22-33-35(26-46(2)40(48)38(33)47)29-18-21-36-34(25-29)39(45-41(43)44-36)42(30-11-5-3-6-12-30,31-13-7-4-8-14-31)27-52-37-15-9-10-24-51-37/h3-8,11-14,16-23,25-26,37H,9-10,15,24,27H2,1-2H3. The number of halogens is 1. The molecule has 1 unspecified atom stereocenters. The SMILES string of the molecule is Cc1ccc(S(=O)(=O)n2ccc3c(-c4ccc5nc(Cl)nc(C(COC6CCCCO6)(c6ccccc6)c6ccccc6)c5c4)cn(C)c(=O)c32)cc1. The van der Waals surface area contributed by atoms with Crippen LogP contribution in [0.25, 0.3) is 32.9 Å². The summed E-state index contributed by atoms with van der Waals surface area (Å²) in [5.74, 6) is 0. The summed E-state index contributed by atoms with van der Waals surface area (Å²) < 4.78 is 43.0. The number of ether oxygens (including phenoxy) is 2. The van der Waals surface area contributed by atoms with Gasteiger partial charge < -0.3 is 14.0 Å². The molecule has 1 aliphatic rings. The first kappa shape index (κ1) is 34.9. The second-order valence-electron chi connectivity index (χ2n) is 13.5. The summed E-state index contributed by atoms with van der Waals surface area (Å²) in [5.41, 5.74) is 4.17. The predicted octanol–water partition coefficient (Wildman–Crippen LogP) is 8.03. The lowest BCUT2D eigenvalue weighted by Gasteiger charge is -2.37. The number of hydrogen-bond donors (Lipinski definition) is 0. The molecule has 0 spiro atoms. The highest BCUT2D eigenvalue weighted by Gasteiger charge is 2.41. The maximum absolute atomic E-state index is 13.9. The van der Waals surface area contributed by atoms with Crippen LogP contribution in [0.2, 0.25) is 5.28 Å². The van der Waals surface area contributed by atoms with Crippen LogP contribution in [0.3, 0.4) is 0 Å². The molecule has 3 aromatic heterocycles. The van der Waals surface area contributed by atoms with Gasteiger partial charge in [0.15, 0.2) is 6.29 Å². The molecule has 4 heterocycles. The zero-order chi connectivity index (χ0) is 36.7. The Kier molecular flexibility index (Phi) is 9.24. The second kappa shape index (κ2) is 14.0. The van der Waals surface area contributed by atoms with Crippen LogP contribution in [0.15, 0.2) is 131 Å². The Bertz CT molecular complexity index is 2580. The fourth-order valence-electron chi connectivity index (χ4n) is 7.36. The molecule has 268 valence electrons. The van der Waals surface area contributed by atoms with E-state index in [0.717, 1.165) is 50.9 Å². The number of rotatable bonds is 9. The van der Waals surface area contributed by atoms with Crippen molar-refractivity contribution in [1.82, 2.24) is 18.5 Å². The van der Waals surface area contributed by atoms with Crippen molar-refractivity contribution < 1.29 is 17.9 Å². The lowest BCUT2D eigenvalue weighted by Crippen LogP contribution is -2.39. The van der Waals surface area contributed by atoms with E-state index in [-0.39, 0.29) is 28.6 Å². The Hall–Kier alpha value is -5.13. The minimum Gasteiger partial charge on any atom is -0.353 e. The quantitative estimate of drug-likeness (QED) is 0.138. The molecule has 9 nitrogen and oxygen atoms in total. The van der Waals surface area contributed by atoms with Gasteiger partial charge >= 0.3 is 0 Å². The minimum atomic E-state index is -4.08. The van der Waals surface area contributed by atoms with E-state index in [1.54, 1.807) is 43.6 Å². The number of hydrogen-bond acceptors (Lipinski definition) is 7. The Labute approximate surface area is 312 Å². The van der Waals surface area contributed by atoms with Gasteiger partial charge in [0.25, 0.3) is 15.6 Å². The Morgan fingerprint density at radius 1 is 0.887 bits per heavy atom. The number of aromatic nitrogens is 4. The summed E-state index contributed by atoms with van der Waals surface area (Å²) in [6.45, 7) is 2.74. The molecule has 4 aromatic carbocycles. The van der Waals surface area contributed by atoms with Crippen LogP contribution >= 0.6 is 11.6 Å². The molecular formula is C42H37ClN4O5S. The van der Waals surface area contributed by atoms with Crippen LogP contribution in [0, 0.1) is 6.92 Å². The monoisotopic (exact) mass is 744 g/mol. The van der Waals surface area contributed by atoms with Gasteiger partial charge in [0.2, 0.25) is 5.28 Å². The Morgan fingerprint density at radius 3 is 2.25 bits per heavy atom. The second-order valence-corrected chi connectivity index (χ2v) is 15.6. The summed E-state index contributed by atoms with van der Waals surface area (Å²) in [6.07, 6.45) is 5.61. The Balaban J connectivity index is 1.36. The molecule has 53 heavy (non-hydrogen) atoms. The third-order valence-corrected chi connectivity index (χ3v) is 12.0. The van der Waals surface area contributed by atoms with Crippen molar-refractivity contribution in [2.24, 2.45) is 7.05 Å². The average molecular weight is 745 g/mol. The van der Waals surface area contributed by atoms with Crippen molar-refractivity contribution in [3.8, 4) is 11.1 Å². The van der Waals surface area contributed by atoms with Crippen molar-refractivity contribution in [3.63, 3.8) is 0 Å². The first-order chi connectivity index (χ1) is 25.7. The van der Waals surface area contributed by atoms with Gasteiger partial charge in [-0.15, -0.1) is 0 Å². The van der Waals surface area contributed by atoms with E-state index >= 15 is 0 Å². The van der Waals surface area contributed by atoms with E-state index in [2.05, 4.69) is 29.2 Å². The summed E-state index contributed by atoms with van der Waals surface area (Å²) in [4.78, 5) is 23.4. The topological polar surface area (TPSA) is 105 Å². The van der Waals surface area contributed by atoms with Crippen molar-refractivity contribution in [1.29, 1.82) is 0 Å². The largest absolute Gasteiger partial charge is 0.353 e. The van der Waals surface area contributed by atoms with Gasteiger partial charge in [-0.1, -0.05) is 84.4 Å². The normalized spacial score (nSPS) is 15.3. The van der Waals surface area contributed by atoms with Crippen molar-refractivity contribution >= 4 is 43.4 Å². The zero-order valence-corrected chi connectivity index (χ0v) is 30.8. The van der Waals surface area contributed by atoms with Crippen molar-refractivity contribution in [2.75, 3.05) is 13.2 Å².